The summed E-state index contributed by atoms with van der Waals surface area (Å²) < 4.78 is 2.02. The molecule has 0 atom stereocenters. The molecule has 2 rings (SSSR count). The molecule has 3 amide bonds. The van der Waals surface area contributed by atoms with Crippen molar-refractivity contribution in [3.63, 3.8) is 0 Å². The van der Waals surface area contributed by atoms with E-state index in [-0.39, 0.29) is 24.5 Å². The number of aromatic nitrogens is 1. The first kappa shape index (κ1) is 21.5. The maximum atomic E-state index is 13.1. The standard InChI is InChI=1S/C22H32N4O2/c1-17(2)14-25(15-20-12-9-13-24(20)5)21(27)16-26(18(3)4)22(28)23-19-10-7-6-8-11-19/h6-13,17-18H,14-16H2,1-5H3,(H,23,28). The number of hydrogen-bond acceptors (Lipinski definition) is 2. The predicted molar refractivity (Wildman–Crippen MR) is 113 cm³/mol. The van der Waals surface area contributed by atoms with E-state index in [1.54, 1.807) is 4.90 Å². The Morgan fingerprint density at radius 2 is 1.71 bits per heavy atom. The van der Waals surface area contributed by atoms with E-state index in [9.17, 15) is 9.59 Å². The number of nitrogens with zero attached hydrogens (tertiary/aromatic N) is 3. The second kappa shape index (κ2) is 9.97. The topological polar surface area (TPSA) is 57.6 Å². The van der Waals surface area contributed by atoms with Gasteiger partial charge in [0.25, 0.3) is 0 Å². The zero-order valence-corrected chi connectivity index (χ0v) is 17.6. The number of carbonyl (C=O) groups excluding carboxylic acids is 2. The third-order valence-electron chi connectivity index (χ3n) is 4.56. The summed E-state index contributed by atoms with van der Waals surface area (Å²) in [6.45, 7) is 9.25. The first-order valence-electron chi connectivity index (χ1n) is 9.78. The molecule has 1 aromatic heterocycles. The van der Waals surface area contributed by atoms with Gasteiger partial charge in [-0.3, -0.25) is 4.79 Å². The van der Waals surface area contributed by atoms with Crippen LogP contribution in [0.5, 0.6) is 0 Å². The van der Waals surface area contributed by atoms with Gasteiger partial charge in [0.15, 0.2) is 0 Å². The summed E-state index contributed by atoms with van der Waals surface area (Å²) in [6.07, 6.45) is 1.97. The average molecular weight is 385 g/mol. The molecule has 0 spiro atoms. The van der Waals surface area contributed by atoms with Crippen molar-refractivity contribution in [1.29, 1.82) is 0 Å². The van der Waals surface area contributed by atoms with Gasteiger partial charge in [-0.25, -0.2) is 4.79 Å². The van der Waals surface area contributed by atoms with Gasteiger partial charge in [-0.1, -0.05) is 32.0 Å². The van der Waals surface area contributed by atoms with Gasteiger partial charge in [0.05, 0.1) is 6.54 Å². The fourth-order valence-corrected chi connectivity index (χ4v) is 3.00. The lowest BCUT2D eigenvalue weighted by atomic mass is 10.2. The summed E-state index contributed by atoms with van der Waals surface area (Å²) in [5.41, 5.74) is 1.78. The van der Waals surface area contributed by atoms with Crippen molar-refractivity contribution in [2.75, 3.05) is 18.4 Å². The first-order valence-corrected chi connectivity index (χ1v) is 9.78. The summed E-state index contributed by atoms with van der Waals surface area (Å²) in [5, 5.41) is 2.88. The van der Waals surface area contributed by atoms with Crippen LogP contribution in [-0.4, -0.2) is 45.4 Å². The molecule has 0 unspecified atom stereocenters. The Balaban J connectivity index is 2.10. The molecule has 0 saturated carbocycles. The molecule has 28 heavy (non-hydrogen) atoms. The van der Waals surface area contributed by atoms with E-state index >= 15 is 0 Å². The number of hydrogen-bond donors (Lipinski definition) is 1. The minimum Gasteiger partial charge on any atom is -0.353 e. The Kier molecular flexibility index (Phi) is 7.67. The summed E-state index contributed by atoms with van der Waals surface area (Å²) in [5.74, 6) is 0.293. The minimum atomic E-state index is -0.266. The quantitative estimate of drug-likeness (QED) is 0.749. The molecule has 0 aliphatic rings. The molecule has 152 valence electrons. The highest BCUT2D eigenvalue weighted by molar-refractivity contribution is 5.92. The highest BCUT2D eigenvalue weighted by atomic mass is 16.2. The number of para-hydroxylation sites is 1. The van der Waals surface area contributed by atoms with Gasteiger partial charge in [0.1, 0.15) is 6.54 Å². The third kappa shape index (κ3) is 6.15. The number of nitrogens with one attached hydrogen (secondary N) is 1. The Hall–Kier alpha value is -2.76. The normalized spacial score (nSPS) is 11.0. The van der Waals surface area contributed by atoms with Crippen molar-refractivity contribution in [2.45, 2.75) is 40.3 Å². The van der Waals surface area contributed by atoms with Gasteiger partial charge in [-0.05, 0) is 44.0 Å². The van der Waals surface area contributed by atoms with Crippen LogP contribution in [-0.2, 0) is 18.4 Å². The molecular formula is C22H32N4O2. The van der Waals surface area contributed by atoms with Crippen LogP contribution in [0, 0.1) is 5.92 Å². The molecular weight excluding hydrogens is 352 g/mol. The maximum Gasteiger partial charge on any atom is 0.322 e. The van der Waals surface area contributed by atoms with E-state index in [4.69, 9.17) is 0 Å². The van der Waals surface area contributed by atoms with Crippen LogP contribution in [0.2, 0.25) is 0 Å². The molecule has 2 aromatic rings. The molecule has 0 aliphatic carbocycles. The fraction of sp³-hybridized carbons (Fsp3) is 0.455. The number of benzene rings is 1. The monoisotopic (exact) mass is 384 g/mol. The third-order valence-corrected chi connectivity index (χ3v) is 4.56. The molecule has 6 nitrogen and oxygen atoms in total. The molecule has 0 bridgehead atoms. The second-order valence-corrected chi connectivity index (χ2v) is 7.80. The molecule has 0 fully saturated rings. The zero-order chi connectivity index (χ0) is 20.7. The SMILES string of the molecule is CC(C)CN(Cc1cccn1C)C(=O)CN(C(=O)Nc1ccccc1)C(C)C. The van der Waals surface area contributed by atoms with Crippen molar-refractivity contribution >= 4 is 17.6 Å². The van der Waals surface area contributed by atoms with Gasteiger partial charge in [0, 0.05) is 37.2 Å². The van der Waals surface area contributed by atoms with Crippen molar-refractivity contribution in [3.05, 3.63) is 54.4 Å². The molecule has 0 aliphatic heterocycles. The number of amides is 3. The minimum absolute atomic E-state index is 0.0491. The van der Waals surface area contributed by atoms with E-state index in [1.165, 1.54) is 0 Å². The largest absolute Gasteiger partial charge is 0.353 e. The van der Waals surface area contributed by atoms with Crippen molar-refractivity contribution in [2.24, 2.45) is 13.0 Å². The Morgan fingerprint density at radius 1 is 1.04 bits per heavy atom. The van der Waals surface area contributed by atoms with Crippen LogP contribution in [0.4, 0.5) is 10.5 Å². The fourth-order valence-electron chi connectivity index (χ4n) is 3.00. The molecule has 0 radical (unpaired) electrons. The van der Waals surface area contributed by atoms with Gasteiger partial charge >= 0.3 is 6.03 Å². The summed E-state index contributed by atoms with van der Waals surface area (Å²) in [6, 6.07) is 12.9. The van der Waals surface area contributed by atoms with Gasteiger partial charge in [-0.15, -0.1) is 0 Å². The lowest BCUT2D eigenvalue weighted by Crippen LogP contribution is -2.48. The highest BCUT2D eigenvalue weighted by Crippen LogP contribution is 2.12. The summed E-state index contributed by atoms with van der Waals surface area (Å²) in [7, 11) is 1.97. The summed E-state index contributed by atoms with van der Waals surface area (Å²) in [4.78, 5) is 29.2. The zero-order valence-electron chi connectivity index (χ0n) is 17.6. The molecule has 6 heteroatoms. The summed E-state index contributed by atoms with van der Waals surface area (Å²) >= 11 is 0. The number of anilines is 1. The Bertz CT molecular complexity index is 768. The van der Waals surface area contributed by atoms with Crippen LogP contribution in [0.1, 0.15) is 33.4 Å². The number of aryl methyl sites for hydroxylation is 1. The van der Waals surface area contributed by atoms with E-state index < -0.39 is 0 Å². The average Bonchev–Trinajstić information content (AvgIpc) is 3.03. The first-order chi connectivity index (χ1) is 13.3. The number of carbonyl (C=O) groups is 2. The van der Waals surface area contributed by atoms with E-state index in [0.29, 0.717) is 24.7 Å². The van der Waals surface area contributed by atoms with Crippen molar-refractivity contribution < 1.29 is 9.59 Å². The predicted octanol–water partition coefficient (Wildman–Crippen LogP) is 3.95. The maximum absolute atomic E-state index is 13.1. The van der Waals surface area contributed by atoms with Crippen LogP contribution in [0.15, 0.2) is 48.7 Å². The van der Waals surface area contributed by atoms with Crippen molar-refractivity contribution in [1.82, 2.24) is 14.4 Å². The molecule has 1 aromatic carbocycles. The van der Waals surface area contributed by atoms with E-state index in [2.05, 4.69) is 19.2 Å². The second-order valence-electron chi connectivity index (χ2n) is 7.80. The van der Waals surface area contributed by atoms with Crippen LogP contribution >= 0.6 is 0 Å². The molecule has 1 heterocycles. The lowest BCUT2D eigenvalue weighted by Gasteiger charge is -2.31. The van der Waals surface area contributed by atoms with Gasteiger partial charge in [0.2, 0.25) is 5.91 Å². The highest BCUT2D eigenvalue weighted by Gasteiger charge is 2.24. The van der Waals surface area contributed by atoms with E-state index in [1.807, 2.05) is 79.0 Å². The van der Waals surface area contributed by atoms with Crippen molar-refractivity contribution in [3.8, 4) is 0 Å². The molecule has 1 N–H and O–H groups in total. The van der Waals surface area contributed by atoms with E-state index in [0.717, 1.165) is 5.69 Å². The van der Waals surface area contributed by atoms with Crippen LogP contribution in [0.25, 0.3) is 0 Å². The van der Waals surface area contributed by atoms with Crippen LogP contribution in [0.3, 0.4) is 0 Å². The smallest absolute Gasteiger partial charge is 0.322 e. The van der Waals surface area contributed by atoms with Gasteiger partial charge in [-0.2, -0.15) is 0 Å². The lowest BCUT2D eigenvalue weighted by molar-refractivity contribution is -0.133. The Labute approximate surface area is 168 Å². The Morgan fingerprint density at radius 3 is 2.25 bits per heavy atom. The van der Waals surface area contributed by atoms with Gasteiger partial charge < -0.3 is 19.7 Å². The number of rotatable bonds is 8. The van der Waals surface area contributed by atoms with Crippen LogP contribution < -0.4 is 5.32 Å². The molecule has 0 saturated heterocycles. The number of urea groups is 1.